The fraction of sp³-hybridized carbons (Fsp3) is 0.273. The normalized spacial score (nSPS) is 17.5. The van der Waals surface area contributed by atoms with Crippen molar-refractivity contribution in [3.05, 3.63) is 89.2 Å². The van der Waals surface area contributed by atoms with Crippen molar-refractivity contribution in [3.63, 3.8) is 0 Å². The van der Waals surface area contributed by atoms with E-state index in [1.807, 2.05) is 0 Å². The van der Waals surface area contributed by atoms with Crippen LogP contribution in [0.25, 0.3) is 16.1 Å². The summed E-state index contributed by atoms with van der Waals surface area (Å²) < 4.78 is 0. The van der Waals surface area contributed by atoms with Gasteiger partial charge < -0.3 is 10.2 Å². The molecular formula is C22H23LiN2. The molecule has 0 unspecified atom stereocenters. The average molecular weight is 322 g/mol. The molecule has 3 aromatic carbocycles. The quantitative estimate of drug-likeness (QED) is 0.657. The van der Waals surface area contributed by atoms with E-state index in [4.69, 9.17) is 5.32 Å². The summed E-state index contributed by atoms with van der Waals surface area (Å²) in [4.78, 5) is 2.52. The summed E-state index contributed by atoms with van der Waals surface area (Å²) in [5.74, 6) is 0. The van der Waals surface area contributed by atoms with Crippen molar-refractivity contribution in [2.45, 2.75) is 25.6 Å². The van der Waals surface area contributed by atoms with E-state index in [0.29, 0.717) is 6.04 Å². The van der Waals surface area contributed by atoms with Crippen molar-refractivity contribution in [1.82, 2.24) is 4.90 Å². The van der Waals surface area contributed by atoms with Gasteiger partial charge in [0.2, 0.25) is 0 Å². The van der Waals surface area contributed by atoms with Gasteiger partial charge >= 0.3 is 18.9 Å². The van der Waals surface area contributed by atoms with Crippen LogP contribution in [0, 0.1) is 0 Å². The Balaban J connectivity index is 0.00000182. The standard InChI is InChI=1S/C22H23N2.Li/c1-2-7-18(8-3-1)16-24-14-13-21(17-24)23-15-20-11-6-10-19-9-4-5-12-22(19)20;/h1-12,21H,13-17H2;/q-1;+1/t21-;/m0./s1. The van der Waals surface area contributed by atoms with Gasteiger partial charge in [0.25, 0.3) is 0 Å². The van der Waals surface area contributed by atoms with Crippen molar-refractivity contribution in [1.29, 1.82) is 0 Å². The van der Waals surface area contributed by atoms with E-state index in [1.165, 1.54) is 28.3 Å². The molecule has 0 saturated carbocycles. The van der Waals surface area contributed by atoms with E-state index in [2.05, 4.69) is 77.7 Å². The molecule has 1 atom stereocenters. The molecule has 0 radical (unpaired) electrons. The molecule has 3 heteroatoms. The Morgan fingerprint density at radius 2 is 1.64 bits per heavy atom. The van der Waals surface area contributed by atoms with Gasteiger partial charge in [0.1, 0.15) is 0 Å². The second-order valence-electron chi connectivity index (χ2n) is 6.64. The molecule has 1 aliphatic rings. The number of nitrogens with zero attached hydrogens (tertiary/aromatic N) is 2. The summed E-state index contributed by atoms with van der Waals surface area (Å²) in [5.41, 5.74) is 2.74. The molecule has 0 aromatic heterocycles. The minimum atomic E-state index is 0. The van der Waals surface area contributed by atoms with Crippen LogP contribution >= 0.6 is 0 Å². The van der Waals surface area contributed by atoms with E-state index in [-0.39, 0.29) is 18.9 Å². The molecule has 1 heterocycles. The second kappa shape index (κ2) is 8.69. The van der Waals surface area contributed by atoms with Gasteiger partial charge in [-0.2, -0.15) is 0 Å². The van der Waals surface area contributed by atoms with Crippen molar-refractivity contribution in [3.8, 4) is 0 Å². The molecule has 1 fully saturated rings. The third-order valence-electron chi connectivity index (χ3n) is 4.90. The Hall–Kier alpha value is -1.56. The first-order valence-electron chi connectivity index (χ1n) is 8.78. The van der Waals surface area contributed by atoms with Crippen LogP contribution in [0.2, 0.25) is 0 Å². The molecule has 4 rings (SSSR count). The Kier molecular flexibility index (Phi) is 6.34. The van der Waals surface area contributed by atoms with Gasteiger partial charge in [-0.05, 0) is 29.4 Å². The summed E-state index contributed by atoms with van der Waals surface area (Å²) in [5, 5.41) is 7.64. The van der Waals surface area contributed by atoms with Gasteiger partial charge in [-0.1, -0.05) is 84.8 Å². The van der Waals surface area contributed by atoms with Crippen LogP contribution in [0.1, 0.15) is 17.5 Å². The first-order chi connectivity index (χ1) is 11.9. The van der Waals surface area contributed by atoms with Crippen LogP contribution in [0.3, 0.4) is 0 Å². The number of rotatable bonds is 5. The molecule has 0 bridgehead atoms. The minimum absolute atomic E-state index is 0. The predicted octanol–water partition coefficient (Wildman–Crippen LogP) is 1.99. The van der Waals surface area contributed by atoms with E-state index < -0.39 is 0 Å². The molecule has 3 aromatic rings. The maximum absolute atomic E-state index is 4.99. The molecule has 0 amide bonds. The maximum atomic E-state index is 4.99. The smallest absolute Gasteiger partial charge is 0.655 e. The molecule has 0 spiro atoms. The second-order valence-corrected chi connectivity index (χ2v) is 6.64. The topological polar surface area (TPSA) is 17.3 Å². The molecule has 0 aliphatic carbocycles. The Labute approximate surface area is 162 Å². The van der Waals surface area contributed by atoms with Crippen molar-refractivity contribution in [2.24, 2.45) is 0 Å². The number of hydrogen-bond acceptors (Lipinski definition) is 1. The van der Waals surface area contributed by atoms with Crippen molar-refractivity contribution in [2.75, 3.05) is 13.1 Å². The van der Waals surface area contributed by atoms with Crippen LogP contribution in [-0.4, -0.2) is 24.0 Å². The first kappa shape index (κ1) is 18.2. The van der Waals surface area contributed by atoms with Crippen LogP contribution in [0.15, 0.2) is 72.8 Å². The minimum Gasteiger partial charge on any atom is -0.655 e. The van der Waals surface area contributed by atoms with E-state index in [1.54, 1.807) is 0 Å². The Morgan fingerprint density at radius 1 is 0.880 bits per heavy atom. The fourth-order valence-corrected chi connectivity index (χ4v) is 3.60. The van der Waals surface area contributed by atoms with Crippen LogP contribution in [0.4, 0.5) is 0 Å². The zero-order valence-electron chi connectivity index (χ0n) is 14.9. The largest absolute Gasteiger partial charge is 1.00 e. The third-order valence-corrected chi connectivity index (χ3v) is 4.90. The molecule has 1 aliphatic heterocycles. The Bertz CT molecular complexity index is 798. The summed E-state index contributed by atoms with van der Waals surface area (Å²) in [7, 11) is 0. The van der Waals surface area contributed by atoms with Crippen LogP contribution in [-0.2, 0) is 13.1 Å². The third kappa shape index (κ3) is 4.54. The van der Waals surface area contributed by atoms with Gasteiger partial charge in [-0.3, -0.25) is 0 Å². The molecule has 1 saturated heterocycles. The average Bonchev–Trinajstić information content (AvgIpc) is 3.08. The summed E-state index contributed by atoms with van der Waals surface area (Å²) >= 11 is 0. The maximum Gasteiger partial charge on any atom is 1.00 e. The zero-order valence-corrected chi connectivity index (χ0v) is 14.9. The molecule has 122 valence electrons. The molecule has 2 nitrogen and oxygen atoms in total. The molecule has 0 N–H and O–H groups in total. The van der Waals surface area contributed by atoms with E-state index in [9.17, 15) is 0 Å². The van der Waals surface area contributed by atoms with E-state index >= 15 is 0 Å². The molecular weight excluding hydrogens is 299 g/mol. The van der Waals surface area contributed by atoms with Gasteiger partial charge in [0.15, 0.2) is 0 Å². The van der Waals surface area contributed by atoms with Gasteiger partial charge in [0, 0.05) is 6.54 Å². The number of benzene rings is 3. The van der Waals surface area contributed by atoms with Crippen LogP contribution < -0.4 is 18.9 Å². The van der Waals surface area contributed by atoms with Crippen molar-refractivity contribution >= 4 is 10.8 Å². The summed E-state index contributed by atoms with van der Waals surface area (Å²) in [6.45, 7) is 4.10. The predicted molar refractivity (Wildman–Crippen MR) is 101 cm³/mol. The SMILES string of the molecule is [Li+].c1ccc(CN2CC[C@H]([N-]Cc3cccc4ccccc34)C2)cc1. The monoisotopic (exact) mass is 322 g/mol. The Morgan fingerprint density at radius 3 is 2.52 bits per heavy atom. The summed E-state index contributed by atoms with van der Waals surface area (Å²) in [6, 6.07) is 26.3. The van der Waals surface area contributed by atoms with Crippen molar-refractivity contribution < 1.29 is 18.9 Å². The van der Waals surface area contributed by atoms with E-state index in [0.717, 1.165) is 26.2 Å². The molecule has 25 heavy (non-hydrogen) atoms. The zero-order chi connectivity index (χ0) is 16.2. The van der Waals surface area contributed by atoms with Gasteiger partial charge in [-0.25, -0.2) is 0 Å². The van der Waals surface area contributed by atoms with Gasteiger partial charge in [0.05, 0.1) is 0 Å². The number of fused-ring (bicyclic) bond motifs is 1. The number of likely N-dealkylation sites (tertiary alicyclic amines) is 1. The first-order valence-corrected chi connectivity index (χ1v) is 8.78. The number of hydrogen-bond donors (Lipinski definition) is 0. The van der Waals surface area contributed by atoms with Crippen LogP contribution in [0.5, 0.6) is 0 Å². The fourth-order valence-electron chi connectivity index (χ4n) is 3.60. The summed E-state index contributed by atoms with van der Waals surface area (Å²) in [6.07, 6.45) is 1.18. The van der Waals surface area contributed by atoms with Gasteiger partial charge in [-0.15, -0.1) is 12.6 Å².